The molecule has 0 fully saturated rings. The lowest BCUT2D eigenvalue weighted by atomic mass is 10.3. The first-order chi connectivity index (χ1) is 7.15. The van der Waals surface area contributed by atoms with Crippen molar-refractivity contribution in [2.45, 2.75) is 26.7 Å². The molecule has 0 aliphatic heterocycles. The zero-order valence-corrected chi connectivity index (χ0v) is 9.53. The Kier molecular flexibility index (Phi) is 4.21. The first-order valence-corrected chi connectivity index (χ1v) is 5.19. The van der Waals surface area contributed by atoms with Crippen molar-refractivity contribution >= 4 is 5.91 Å². The Morgan fingerprint density at radius 3 is 2.80 bits per heavy atom. The van der Waals surface area contributed by atoms with Gasteiger partial charge < -0.3 is 4.90 Å². The number of hydrogen-bond acceptors (Lipinski definition) is 3. The number of unbranched alkanes of at least 4 members (excludes halogenated alkanes) is 1. The molecular weight excluding hydrogens is 190 g/mol. The smallest absolute Gasteiger partial charge is 0.272 e. The minimum absolute atomic E-state index is 0.0334. The second-order valence-corrected chi connectivity index (χ2v) is 3.62. The van der Waals surface area contributed by atoms with Crippen molar-refractivity contribution in [3.05, 3.63) is 23.8 Å². The number of amides is 1. The minimum Gasteiger partial charge on any atom is -0.340 e. The summed E-state index contributed by atoms with van der Waals surface area (Å²) in [7, 11) is 1.80. The molecule has 15 heavy (non-hydrogen) atoms. The van der Waals surface area contributed by atoms with Crippen LogP contribution >= 0.6 is 0 Å². The third-order valence-electron chi connectivity index (χ3n) is 2.22. The van der Waals surface area contributed by atoms with E-state index in [1.807, 2.05) is 6.92 Å². The van der Waals surface area contributed by atoms with Crippen molar-refractivity contribution < 1.29 is 4.79 Å². The molecule has 0 unspecified atom stereocenters. The number of aromatic nitrogens is 2. The van der Waals surface area contributed by atoms with Crippen LogP contribution in [0.2, 0.25) is 0 Å². The fourth-order valence-electron chi connectivity index (χ4n) is 1.26. The number of nitrogens with zero attached hydrogens (tertiary/aromatic N) is 3. The van der Waals surface area contributed by atoms with Gasteiger partial charge in [-0.05, 0) is 19.4 Å². The maximum Gasteiger partial charge on any atom is 0.272 e. The predicted octanol–water partition coefficient (Wildman–Crippen LogP) is 1.66. The summed E-state index contributed by atoms with van der Waals surface area (Å²) in [5, 5.41) is 0. The largest absolute Gasteiger partial charge is 0.340 e. The standard InChI is InChI=1S/C11H17N3O/c1-4-5-6-14(3)11(15)10-7-9(2)12-8-13-10/h7-8H,4-6H2,1-3H3. The highest BCUT2D eigenvalue weighted by Crippen LogP contribution is 2.02. The summed E-state index contributed by atoms with van der Waals surface area (Å²) in [4.78, 5) is 21.5. The molecule has 4 nitrogen and oxygen atoms in total. The molecule has 1 rings (SSSR count). The van der Waals surface area contributed by atoms with Gasteiger partial charge in [0.25, 0.3) is 5.91 Å². The molecule has 82 valence electrons. The van der Waals surface area contributed by atoms with Gasteiger partial charge in [-0.3, -0.25) is 4.79 Å². The monoisotopic (exact) mass is 207 g/mol. The van der Waals surface area contributed by atoms with E-state index in [1.165, 1.54) is 6.33 Å². The van der Waals surface area contributed by atoms with Crippen LogP contribution in [0.15, 0.2) is 12.4 Å². The molecule has 0 saturated heterocycles. The number of hydrogen-bond donors (Lipinski definition) is 0. The number of aryl methyl sites for hydroxylation is 1. The van der Waals surface area contributed by atoms with Gasteiger partial charge in [-0.25, -0.2) is 9.97 Å². The molecule has 0 aliphatic carbocycles. The lowest BCUT2D eigenvalue weighted by molar-refractivity contribution is 0.0787. The summed E-state index contributed by atoms with van der Waals surface area (Å²) in [5.74, 6) is -0.0334. The van der Waals surface area contributed by atoms with Crippen LogP contribution in [0.5, 0.6) is 0 Å². The SMILES string of the molecule is CCCCN(C)C(=O)c1cc(C)ncn1. The quantitative estimate of drug-likeness (QED) is 0.754. The zero-order chi connectivity index (χ0) is 11.3. The third-order valence-corrected chi connectivity index (χ3v) is 2.22. The van der Waals surface area contributed by atoms with Crippen molar-refractivity contribution in [3.8, 4) is 0 Å². The lowest BCUT2D eigenvalue weighted by Crippen LogP contribution is -2.28. The predicted molar refractivity (Wildman–Crippen MR) is 58.6 cm³/mol. The van der Waals surface area contributed by atoms with Crippen LogP contribution in [0.25, 0.3) is 0 Å². The Morgan fingerprint density at radius 2 is 2.20 bits per heavy atom. The highest BCUT2D eigenvalue weighted by Gasteiger charge is 2.12. The molecule has 1 aromatic rings. The summed E-state index contributed by atoms with van der Waals surface area (Å²) in [6.07, 6.45) is 3.53. The molecule has 0 bridgehead atoms. The van der Waals surface area contributed by atoms with E-state index in [-0.39, 0.29) is 5.91 Å². The fourth-order valence-corrected chi connectivity index (χ4v) is 1.26. The molecular formula is C11H17N3O. The first-order valence-electron chi connectivity index (χ1n) is 5.19. The van der Waals surface area contributed by atoms with Crippen LogP contribution in [-0.2, 0) is 0 Å². The van der Waals surface area contributed by atoms with Crippen molar-refractivity contribution in [3.63, 3.8) is 0 Å². The maximum atomic E-state index is 11.8. The van der Waals surface area contributed by atoms with Crippen LogP contribution in [-0.4, -0.2) is 34.4 Å². The van der Waals surface area contributed by atoms with Crippen LogP contribution in [0, 0.1) is 6.92 Å². The summed E-state index contributed by atoms with van der Waals surface area (Å²) in [5.41, 5.74) is 1.29. The van der Waals surface area contributed by atoms with Crippen molar-refractivity contribution in [2.75, 3.05) is 13.6 Å². The average molecular weight is 207 g/mol. The number of carbonyl (C=O) groups is 1. The molecule has 1 heterocycles. The molecule has 0 aliphatic rings. The average Bonchev–Trinajstić information content (AvgIpc) is 2.24. The van der Waals surface area contributed by atoms with E-state index >= 15 is 0 Å². The molecule has 0 N–H and O–H groups in total. The first kappa shape index (κ1) is 11.6. The highest BCUT2D eigenvalue weighted by molar-refractivity contribution is 5.92. The Morgan fingerprint density at radius 1 is 1.47 bits per heavy atom. The van der Waals surface area contributed by atoms with Gasteiger partial charge in [0.05, 0.1) is 0 Å². The fraction of sp³-hybridized carbons (Fsp3) is 0.545. The highest BCUT2D eigenvalue weighted by atomic mass is 16.2. The molecule has 1 aromatic heterocycles. The van der Waals surface area contributed by atoms with E-state index in [0.29, 0.717) is 5.69 Å². The summed E-state index contributed by atoms with van der Waals surface area (Å²) < 4.78 is 0. The third kappa shape index (κ3) is 3.31. The molecule has 0 atom stereocenters. The molecule has 0 radical (unpaired) electrons. The van der Waals surface area contributed by atoms with Gasteiger partial charge in [0.2, 0.25) is 0 Å². The van der Waals surface area contributed by atoms with E-state index < -0.39 is 0 Å². The van der Waals surface area contributed by atoms with Crippen molar-refractivity contribution in [1.29, 1.82) is 0 Å². The second kappa shape index (κ2) is 5.44. The van der Waals surface area contributed by atoms with Crippen LogP contribution in [0.4, 0.5) is 0 Å². The molecule has 0 saturated carbocycles. The van der Waals surface area contributed by atoms with E-state index in [9.17, 15) is 4.79 Å². The maximum absolute atomic E-state index is 11.8. The summed E-state index contributed by atoms with van der Waals surface area (Å²) in [6.45, 7) is 4.73. The number of carbonyl (C=O) groups excluding carboxylic acids is 1. The van der Waals surface area contributed by atoms with Gasteiger partial charge in [-0.1, -0.05) is 13.3 Å². The topological polar surface area (TPSA) is 46.1 Å². The van der Waals surface area contributed by atoms with Gasteiger partial charge in [-0.2, -0.15) is 0 Å². The summed E-state index contributed by atoms with van der Waals surface area (Å²) in [6, 6.07) is 1.71. The normalized spacial score (nSPS) is 10.1. The molecule has 4 heteroatoms. The second-order valence-electron chi connectivity index (χ2n) is 3.62. The van der Waals surface area contributed by atoms with E-state index in [4.69, 9.17) is 0 Å². The van der Waals surface area contributed by atoms with E-state index in [2.05, 4.69) is 16.9 Å². The van der Waals surface area contributed by atoms with Crippen LogP contribution < -0.4 is 0 Å². The zero-order valence-electron chi connectivity index (χ0n) is 9.53. The van der Waals surface area contributed by atoms with E-state index in [1.54, 1.807) is 18.0 Å². The number of rotatable bonds is 4. The van der Waals surface area contributed by atoms with Gasteiger partial charge in [0.15, 0.2) is 0 Å². The Balaban J connectivity index is 2.67. The minimum atomic E-state index is -0.0334. The van der Waals surface area contributed by atoms with Crippen LogP contribution in [0.1, 0.15) is 35.9 Å². The Labute approximate surface area is 90.3 Å². The molecule has 0 aromatic carbocycles. The van der Waals surface area contributed by atoms with Crippen LogP contribution in [0.3, 0.4) is 0 Å². The Bertz CT molecular complexity index is 338. The summed E-state index contributed by atoms with van der Waals surface area (Å²) >= 11 is 0. The van der Waals surface area contributed by atoms with E-state index in [0.717, 1.165) is 25.1 Å². The molecule has 1 amide bonds. The van der Waals surface area contributed by atoms with Crippen molar-refractivity contribution in [2.24, 2.45) is 0 Å². The van der Waals surface area contributed by atoms with Gasteiger partial charge >= 0.3 is 0 Å². The molecule has 0 spiro atoms. The van der Waals surface area contributed by atoms with Gasteiger partial charge in [0, 0.05) is 19.3 Å². The Hall–Kier alpha value is -1.45. The lowest BCUT2D eigenvalue weighted by Gasteiger charge is -2.15. The van der Waals surface area contributed by atoms with Crippen molar-refractivity contribution in [1.82, 2.24) is 14.9 Å². The van der Waals surface area contributed by atoms with Gasteiger partial charge in [-0.15, -0.1) is 0 Å². The van der Waals surface area contributed by atoms with Gasteiger partial charge in [0.1, 0.15) is 12.0 Å².